The van der Waals surface area contributed by atoms with Gasteiger partial charge in [-0.25, -0.2) is 4.79 Å². The zero-order valence-corrected chi connectivity index (χ0v) is 19.6. The Bertz CT molecular complexity index is 820. The summed E-state index contributed by atoms with van der Waals surface area (Å²) >= 11 is 0. The van der Waals surface area contributed by atoms with Crippen molar-refractivity contribution in [2.75, 3.05) is 26.8 Å². The molecule has 0 aliphatic heterocycles. The first-order chi connectivity index (χ1) is 15.4. The lowest BCUT2D eigenvalue weighted by atomic mass is 10.0. The molecule has 1 rings (SSSR count). The van der Waals surface area contributed by atoms with Crippen molar-refractivity contribution in [2.24, 2.45) is 0 Å². The molecule has 3 amide bonds. The molecule has 184 valence electrons. The van der Waals surface area contributed by atoms with E-state index in [-0.39, 0.29) is 12.3 Å². The lowest BCUT2D eigenvalue weighted by Crippen LogP contribution is -2.54. The second-order valence-corrected chi connectivity index (χ2v) is 8.20. The van der Waals surface area contributed by atoms with Gasteiger partial charge in [0.2, 0.25) is 11.8 Å². The van der Waals surface area contributed by atoms with Gasteiger partial charge in [0.25, 0.3) is 0 Å². The fraction of sp³-hybridized carbons (Fsp3) is 0.545. The number of esters is 1. The number of alkyl carbamates (subject to hydrolysis) is 1. The molecule has 0 fully saturated rings. The lowest BCUT2D eigenvalue weighted by molar-refractivity contribution is -0.145. The van der Waals surface area contributed by atoms with Crippen molar-refractivity contribution in [1.29, 1.82) is 0 Å². The number of nitrogens with one attached hydrogen (secondary N) is 2. The van der Waals surface area contributed by atoms with Crippen LogP contribution in [0.4, 0.5) is 4.79 Å². The van der Waals surface area contributed by atoms with Crippen LogP contribution in [0.3, 0.4) is 0 Å². The van der Waals surface area contributed by atoms with Gasteiger partial charge >= 0.3 is 12.1 Å². The van der Waals surface area contributed by atoms with Crippen LogP contribution in [0.25, 0.3) is 0 Å². The van der Waals surface area contributed by atoms with E-state index < -0.39 is 54.7 Å². The average Bonchev–Trinajstić information content (AvgIpc) is 2.74. The van der Waals surface area contributed by atoms with Crippen LogP contribution in [0.1, 0.15) is 45.7 Å². The molecule has 0 saturated heterocycles. The number of phenols is 1. The van der Waals surface area contributed by atoms with Crippen LogP contribution in [0.2, 0.25) is 0 Å². The van der Waals surface area contributed by atoms with Crippen molar-refractivity contribution in [3.05, 3.63) is 29.8 Å². The summed E-state index contributed by atoms with van der Waals surface area (Å²) < 4.78 is 9.69. The summed E-state index contributed by atoms with van der Waals surface area (Å²) in [6.45, 7) is 5.69. The minimum atomic E-state index is -1.38. The van der Waals surface area contributed by atoms with Gasteiger partial charge in [-0.15, -0.1) is 0 Å². The number of rotatable bonds is 10. The molecular formula is C22H33N3O8. The molecular weight excluding hydrogens is 434 g/mol. The maximum absolute atomic E-state index is 13.3. The standard InChI is InChI=1S/C22H33N3O8/c1-6-11-25(20(30)16(13-26)24-21(31)33-22(2,3)4)18(14-7-9-15(27)10-8-14)19(29)23-12-17(28)32-5/h7-10,16,18,26-27H,6,11-13H2,1-5H3,(H,23,29)(H,24,31). The molecule has 33 heavy (non-hydrogen) atoms. The van der Waals surface area contributed by atoms with Gasteiger partial charge in [0.15, 0.2) is 0 Å². The van der Waals surface area contributed by atoms with Gasteiger partial charge in [-0.1, -0.05) is 19.1 Å². The SMILES string of the molecule is CCCN(C(=O)C(CO)NC(=O)OC(C)(C)C)C(C(=O)NCC(=O)OC)c1ccc(O)cc1. The van der Waals surface area contributed by atoms with E-state index in [4.69, 9.17) is 4.74 Å². The third-order valence-electron chi connectivity index (χ3n) is 4.32. The van der Waals surface area contributed by atoms with E-state index in [9.17, 15) is 29.4 Å². The molecule has 11 nitrogen and oxygen atoms in total. The summed E-state index contributed by atoms with van der Waals surface area (Å²) in [5.41, 5.74) is -0.468. The van der Waals surface area contributed by atoms with Crippen molar-refractivity contribution in [3.8, 4) is 5.75 Å². The van der Waals surface area contributed by atoms with Crippen LogP contribution in [0.5, 0.6) is 5.75 Å². The largest absolute Gasteiger partial charge is 0.508 e. The van der Waals surface area contributed by atoms with Gasteiger partial charge in [-0.3, -0.25) is 14.4 Å². The number of carbonyl (C=O) groups is 4. The van der Waals surface area contributed by atoms with Crippen LogP contribution in [0, 0.1) is 0 Å². The van der Waals surface area contributed by atoms with Crippen LogP contribution in [-0.2, 0) is 23.9 Å². The molecule has 11 heteroatoms. The quantitative estimate of drug-likeness (QED) is 0.369. The highest BCUT2D eigenvalue weighted by molar-refractivity contribution is 5.93. The normalized spacial score (nSPS) is 12.8. The average molecular weight is 468 g/mol. The Balaban J connectivity index is 3.28. The third-order valence-corrected chi connectivity index (χ3v) is 4.32. The number of hydrogen-bond donors (Lipinski definition) is 4. The van der Waals surface area contributed by atoms with Crippen molar-refractivity contribution < 1.29 is 38.9 Å². The molecule has 0 heterocycles. The maximum Gasteiger partial charge on any atom is 0.408 e. The van der Waals surface area contributed by atoms with Crippen molar-refractivity contribution in [2.45, 2.75) is 51.8 Å². The van der Waals surface area contributed by atoms with Gasteiger partial charge in [0, 0.05) is 6.54 Å². The number of aromatic hydroxyl groups is 1. The van der Waals surface area contributed by atoms with Gasteiger partial charge < -0.3 is 35.2 Å². The summed E-state index contributed by atoms with van der Waals surface area (Å²) in [6, 6.07) is 3.04. The van der Waals surface area contributed by atoms with Crippen molar-refractivity contribution >= 4 is 23.9 Å². The molecule has 0 saturated carbocycles. The van der Waals surface area contributed by atoms with Crippen molar-refractivity contribution in [1.82, 2.24) is 15.5 Å². The van der Waals surface area contributed by atoms with Crippen molar-refractivity contribution in [3.63, 3.8) is 0 Å². The summed E-state index contributed by atoms with van der Waals surface area (Å²) in [5.74, 6) is -2.12. The summed E-state index contributed by atoms with van der Waals surface area (Å²) in [5, 5.41) is 24.2. The topological polar surface area (TPSA) is 154 Å². The Labute approximate surface area is 193 Å². The minimum absolute atomic E-state index is 0.0411. The number of aliphatic hydroxyl groups excluding tert-OH is 1. The number of phenolic OH excluding ortho intramolecular Hbond substituents is 1. The van der Waals surface area contributed by atoms with E-state index in [0.29, 0.717) is 12.0 Å². The molecule has 0 aliphatic rings. The first-order valence-corrected chi connectivity index (χ1v) is 10.5. The number of nitrogens with zero attached hydrogens (tertiary/aromatic N) is 1. The highest BCUT2D eigenvalue weighted by Gasteiger charge is 2.35. The Kier molecular flexibility index (Phi) is 10.6. The zero-order chi connectivity index (χ0) is 25.2. The Morgan fingerprint density at radius 2 is 1.73 bits per heavy atom. The van der Waals surface area contributed by atoms with E-state index in [0.717, 1.165) is 0 Å². The minimum Gasteiger partial charge on any atom is -0.508 e. The highest BCUT2D eigenvalue weighted by atomic mass is 16.6. The summed E-state index contributed by atoms with van der Waals surface area (Å²) in [6.07, 6.45) is -0.447. The van der Waals surface area contributed by atoms with E-state index in [1.807, 2.05) is 0 Å². The fourth-order valence-corrected chi connectivity index (χ4v) is 2.90. The van der Waals surface area contributed by atoms with Crippen LogP contribution in [0.15, 0.2) is 24.3 Å². The molecule has 1 aromatic rings. The van der Waals surface area contributed by atoms with E-state index in [1.165, 1.54) is 36.3 Å². The zero-order valence-electron chi connectivity index (χ0n) is 19.6. The molecule has 1 aromatic carbocycles. The predicted molar refractivity (Wildman–Crippen MR) is 118 cm³/mol. The second kappa shape index (κ2) is 12.6. The Morgan fingerprint density at radius 3 is 2.21 bits per heavy atom. The predicted octanol–water partition coefficient (Wildman–Crippen LogP) is 0.847. The number of hydrogen-bond acceptors (Lipinski definition) is 8. The van der Waals surface area contributed by atoms with Crippen LogP contribution >= 0.6 is 0 Å². The second-order valence-electron chi connectivity index (χ2n) is 8.20. The number of methoxy groups -OCH3 is 1. The highest BCUT2D eigenvalue weighted by Crippen LogP contribution is 2.25. The molecule has 0 spiro atoms. The third kappa shape index (κ3) is 8.97. The first-order valence-electron chi connectivity index (χ1n) is 10.5. The number of benzene rings is 1. The van der Waals surface area contributed by atoms with Gasteiger partial charge in [-0.05, 0) is 44.9 Å². The lowest BCUT2D eigenvalue weighted by Gasteiger charge is -2.33. The van der Waals surface area contributed by atoms with E-state index in [2.05, 4.69) is 15.4 Å². The van der Waals surface area contributed by atoms with E-state index in [1.54, 1.807) is 27.7 Å². The van der Waals surface area contributed by atoms with Crippen LogP contribution in [-0.4, -0.2) is 77.4 Å². The van der Waals surface area contributed by atoms with E-state index >= 15 is 0 Å². The number of ether oxygens (including phenoxy) is 2. The number of carbonyl (C=O) groups excluding carboxylic acids is 4. The molecule has 4 N–H and O–H groups in total. The molecule has 0 bridgehead atoms. The smallest absolute Gasteiger partial charge is 0.408 e. The fourth-order valence-electron chi connectivity index (χ4n) is 2.90. The van der Waals surface area contributed by atoms with Gasteiger partial charge in [0.1, 0.15) is 30.0 Å². The first kappa shape index (κ1) is 27.7. The Morgan fingerprint density at radius 1 is 1.12 bits per heavy atom. The van der Waals surface area contributed by atoms with Gasteiger partial charge in [0.05, 0.1) is 13.7 Å². The molecule has 0 aliphatic carbocycles. The number of amides is 3. The molecule has 0 radical (unpaired) electrons. The number of aliphatic hydroxyl groups is 1. The van der Waals surface area contributed by atoms with Crippen LogP contribution < -0.4 is 10.6 Å². The molecule has 0 aromatic heterocycles. The monoisotopic (exact) mass is 467 g/mol. The molecule has 2 unspecified atom stereocenters. The Hall–Kier alpha value is -3.34. The molecule has 2 atom stereocenters. The maximum atomic E-state index is 13.3. The summed E-state index contributed by atoms with van der Waals surface area (Å²) in [7, 11) is 1.17. The van der Waals surface area contributed by atoms with Gasteiger partial charge in [-0.2, -0.15) is 0 Å². The summed E-state index contributed by atoms with van der Waals surface area (Å²) in [4.78, 5) is 51.2.